The molecular weight excluding hydrogens is 412 g/mol. The molecule has 3 amide bonds. The van der Waals surface area contributed by atoms with Crippen LogP contribution in [0.15, 0.2) is 29.2 Å². The Bertz CT molecular complexity index is 941. The lowest BCUT2D eigenvalue weighted by Gasteiger charge is -2.14. The average molecular weight is 433 g/mol. The van der Waals surface area contributed by atoms with Crippen LogP contribution in [0.5, 0.6) is 0 Å². The third-order valence-electron chi connectivity index (χ3n) is 4.52. The Hall–Kier alpha value is -2.52. The predicted octanol–water partition coefficient (Wildman–Crippen LogP) is 2.88. The SMILES string of the molecule is CCCCOC(=O)CCN1C(=O)/C(=C2/C(=O)N(C(C)=O)c3ccccc32)SC1=S. The lowest BCUT2D eigenvalue weighted by atomic mass is 10.1. The molecule has 7 nitrogen and oxygen atoms in total. The molecule has 3 rings (SSSR count). The van der Waals surface area contributed by atoms with Gasteiger partial charge in [0.1, 0.15) is 4.32 Å². The highest BCUT2D eigenvalue weighted by molar-refractivity contribution is 8.26. The number of rotatable bonds is 6. The zero-order valence-corrected chi connectivity index (χ0v) is 17.7. The van der Waals surface area contributed by atoms with Crippen LogP contribution in [0.4, 0.5) is 5.69 Å². The van der Waals surface area contributed by atoms with Crippen LogP contribution in [-0.4, -0.2) is 46.1 Å². The minimum atomic E-state index is -0.543. The summed E-state index contributed by atoms with van der Waals surface area (Å²) in [6.45, 7) is 3.73. The highest BCUT2D eigenvalue weighted by atomic mass is 32.2. The summed E-state index contributed by atoms with van der Waals surface area (Å²) >= 11 is 6.31. The molecule has 0 aliphatic carbocycles. The standard InChI is InChI=1S/C20H20N2O5S2/c1-3-4-11-27-15(24)9-10-21-19(26)17(29-20(21)28)16-13-7-5-6-8-14(13)22(12(2)23)18(16)25/h5-8H,3-4,9-11H2,1-2H3/b17-16-. The first-order chi connectivity index (χ1) is 13.9. The van der Waals surface area contributed by atoms with E-state index in [4.69, 9.17) is 17.0 Å². The Morgan fingerprint density at radius 3 is 2.59 bits per heavy atom. The second-order valence-corrected chi connectivity index (χ2v) is 8.17. The van der Waals surface area contributed by atoms with E-state index in [1.807, 2.05) is 6.92 Å². The van der Waals surface area contributed by atoms with E-state index in [2.05, 4.69) is 0 Å². The molecule has 9 heteroatoms. The molecule has 0 N–H and O–H groups in total. The molecule has 29 heavy (non-hydrogen) atoms. The van der Waals surface area contributed by atoms with E-state index >= 15 is 0 Å². The first kappa shape index (κ1) is 21.2. The van der Waals surface area contributed by atoms with E-state index in [9.17, 15) is 19.2 Å². The van der Waals surface area contributed by atoms with Gasteiger partial charge in [0.15, 0.2) is 0 Å². The minimum absolute atomic E-state index is 0.0167. The zero-order valence-electron chi connectivity index (χ0n) is 16.1. The van der Waals surface area contributed by atoms with E-state index in [-0.39, 0.29) is 27.8 Å². The number of ether oxygens (including phenoxy) is 1. The number of nitrogens with zero attached hydrogens (tertiary/aromatic N) is 2. The van der Waals surface area contributed by atoms with Gasteiger partial charge in [-0.25, -0.2) is 4.90 Å². The lowest BCUT2D eigenvalue weighted by Crippen LogP contribution is -2.32. The van der Waals surface area contributed by atoms with Crippen LogP contribution in [0.1, 0.15) is 38.7 Å². The van der Waals surface area contributed by atoms with Crippen LogP contribution in [0.2, 0.25) is 0 Å². The van der Waals surface area contributed by atoms with Gasteiger partial charge >= 0.3 is 5.97 Å². The van der Waals surface area contributed by atoms with Crippen molar-refractivity contribution in [3.8, 4) is 0 Å². The van der Waals surface area contributed by atoms with Crippen LogP contribution >= 0.6 is 24.0 Å². The monoisotopic (exact) mass is 432 g/mol. The van der Waals surface area contributed by atoms with Crippen LogP contribution in [0.25, 0.3) is 5.57 Å². The molecule has 1 fully saturated rings. The normalized spacial score (nSPS) is 18.5. The quantitative estimate of drug-likeness (QED) is 0.296. The summed E-state index contributed by atoms with van der Waals surface area (Å²) in [4.78, 5) is 52.2. The number of esters is 1. The molecule has 2 aliphatic heterocycles. The van der Waals surface area contributed by atoms with E-state index < -0.39 is 23.7 Å². The molecule has 0 bridgehead atoms. The number of hydrogen-bond acceptors (Lipinski definition) is 7. The van der Waals surface area contributed by atoms with Gasteiger partial charge in [-0.3, -0.25) is 24.1 Å². The number of para-hydroxylation sites is 1. The summed E-state index contributed by atoms with van der Waals surface area (Å²) in [6.07, 6.45) is 1.72. The van der Waals surface area contributed by atoms with Crippen LogP contribution < -0.4 is 4.90 Å². The number of thioether (sulfide) groups is 1. The van der Waals surface area contributed by atoms with Crippen molar-refractivity contribution in [3.63, 3.8) is 0 Å². The van der Waals surface area contributed by atoms with Gasteiger partial charge in [0, 0.05) is 19.0 Å². The number of benzene rings is 1. The molecule has 2 heterocycles. The largest absolute Gasteiger partial charge is 0.466 e. The molecule has 0 spiro atoms. The summed E-state index contributed by atoms with van der Waals surface area (Å²) in [5, 5.41) is 0. The van der Waals surface area contributed by atoms with E-state index in [1.54, 1.807) is 24.3 Å². The average Bonchev–Trinajstić information content (AvgIpc) is 3.12. The van der Waals surface area contributed by atoms with Crippen LogP contribution in [0, 0.1) is 0 Å². The first-order valence-electron chi connectivity index (χ1n) is 9.24. The van der Waals surface area contributed by atoms with Crippen molar-refractivity contribution in [1.82, 2.24) is 4.90 Å². The Morgan fingerprint density at radius 1 is 1.17 bits per heavy atom. The second-order valence-electron chi connectivity index (χ2n) is 6.53. The van der Waals surface area contributed by atoms with E-state index in [1.165, 1.54) is 11.8 Å². The number of carbonyl (C=O) groups is 4. The van der Waals surface area contributed by atoms with E-state index in [0.29, 0.717) is 17.9 Å². The lowest BCUT2D eigenvalue weighted by molar-refractivity contribution is -0.144. The fourth-order valence-corrected chi connectivity index (χ4v) is 4.48. The molecule has 1 aromatic rings. The topological polar surface area (TPSA) is 84.0 Å². The van der Waals surface area contributed by atoms with Gasteiger partial charge < -0.3 is 4.74 Å². The Morgan fingerprint density at radius 2 is 1.90 bits per heavy atom. The molecule has 0 atom stereocenters. The van der Waals surface area contributed by atoms with Gasteiger partial charge in [0.25, 0.3) is 11.8 Å². The highest BCUT2D eigenvalue weighted by Gasteiger charge is 2.43. The molecule has 0 saturated carbocycles. The van der Waals surface area contributed by atoms with Crippen molar-refractivity contribution in [2.45, 2.75) is 33.1 Å². The fourth-order valence-electron chi connectivity index (χ4n) is 3.10. The van der Waals surface area contributed by atoms with Crippen LogP contribution in [-0.2, 0) is 23.9 Å². The van der Waals surface area contributed by atoms with Crippen LogP contribution in [0.3, 0.4) is 0 Å². The number of carbonyl (C=O) groups excluding carboxylic acids is 4. The van der Waals surface area contributed by atoms with Gasteiger partial charge in [0.05, 0.1) is 29.2 Å². The Kier molecular flexibility index (Phi) is 6.49. The first-order valence-corrected chi connectivity index (χ1v) is 10.5. The second kappa shape index (κ2) is 8.87. The Balaban J connectivity index is 1.83. The van der Waals surface area contributed by atoms with E-state index in [0.717, 1.165) is 29.5 Å². The van der Waals surface area contributed by atoms with Crippen molar-refractivity contribution < 1.29 is 23.9 Å². The number of hydrogen-bond donors (Lipinski definition) is 0. The summed E-state index contributed by atoms with van der Waals surface area (Å²) in [6, 6.07) is 6.82. The van der Waals surface area contributed by atoms with Crippen molar-refractivity contribution in [1.29, 1.82) is 0 Å². The molecule has 2 aliphatic rings. The minimum Gasteiger partial charge on any atom is -0.466 e. The van der Waals surface area contributed by atoms with Crippen molar-refractivity contribution in [3.05, 3.63) is 34.7 Å². The summed E-state index contributed by atoms with van der Waals surface area (Å²) in [5.74, 6) is -1.81. The van der Waals surface area contributed by atoms with Gasteiger partial charge in [-0.15, -0.1) is 0 Å². The molecule has 1 aromatic carbocycles. The summed E-state index contributed by atoms with van der Waals surface area (Å²) in [5.41, 5.74) is 1.14. The zero-order chi connectivity index (χ0) is 21.1. The molecule has 0 unspecified atom stereocenters. The van der Waals surface area contributed by atoms with Gasteiger partial charge in [0.2, 0.25) is 5.91 Å². The summed E-state index contributed by atoms with van der Waals surface area (Å²) < 4.78 is 5.37. The molecule has 152 valence electrons. The van der Waals surface area contributed by atoms with Gasteiger partial charge in [-0.05, 0) is 12.5 Å². The number of imide groups is 1. The maximum Gasteiger partial charge on any atom is 0.307 e. The molecular formula is C20H20N2O5S2. The third kappa shape index (κ3) is 4.11. The number of anilines is 1. The molecule has 0 radical (unpaired) electrons. The summed E-state index contributed by atoms with van der Waals surface area (Å²) in [7, 11) is 0. The number of thiocarbonyl (C=S) groups is 1. The Labute approximate surface area is 178 Å². The van der Waals surface area contributed by atoms with Gasteiger partial charge in [-0.2, -0.15) is 0 Å². The maximum atomic E-state index is 13.0. The van der Waals surface area contributed by atoms with Crippen molar-refractivity contribution in [2.24, 2.45) is 0 Å². The number of amides is 3. The maximum absolute atomic E-state index is 13.0. The van der Waals surface area contributed by atoms with Crippen molar-refractivity contribution >= 4 is 63.3 Å². The predicted molar refractivity (Wildman–Crippen MR) is 114 cm³/mol. The number of unbranched alkanes of at least 4 members (excludes halogenated alkanes) is 1. The fraction of sp³-hybridized carbons (Fsp3) is 0.350. The van der Waals surface area contributed by atoms with Crippen molar-refractivity contribution in [2.75, 3.05) is 18.1 Å². The smallest absolute Gasteiger partial charge is 0.307 e. The highest BCUT2D eigenvalue weighted by Crippen LogP contribution is 2.44. The molecule has 0 aromatic heterocycles. The number of fused-ring (bicyclic) bond motifs is 1. The molecule has 1 saturated heterocycles. The van der Waals surface area contributed by atoms with Gasteiger partial charge in [-0.1, -0.05) is 55.5 Å². The third-order valence-corrected chi connectivity index (χ3v) is 5.97.